The van der Waals surface area contributed by atoms with Gasteiger partial charge in [0.15, 0.2) is 0 Å². The van der Waals surface area contributed by atoms with Crippen molar-refractivity contribution in [2.24, 2.45) is 0 Å². The second-order valence-corrected chi connectivity index (χ2v) is 4.24. The summed E-state index contributed by atoms with van der Waals surface area (Å²) in [4.78, 5) is 4.25. The molecule has 0 aliphatic carbocycles. The zero-order valence-electron chi connectivity index (χ0n) is 10.9. The van der Waals surface area contributed by atoms with Crippen molar-refractivity contribution >= 4 is 11.5 Å². The van der Waals surface area contributed by atoms with Crippen molar-refractivity contribution in [2.75, 3.05) is 17.2 Å². The Morgan fingerprint density at radius 3 is 2.72 bits per heavy atom. The van der Waals surface area contributed by atoms with E-state index < -0.39 is 0 Å². The number of anilines is 2. The average molecular weight is 241 g/mol. The van der Waals surface area contributed by atoms with Crippen LogP contribution in [0.5, 0.6) is 0 Å². The van der Waals surface area contributed by atoms with Gasteiger partial charge in [-0.25, -0.2) is 4.98 Å². The van der Waals surface area contributed by atoms with Crippen LogP contribution in [0.3, 0.4) is 0 Å². The van der Waals surface area contributed by atoms with Crippen LogP contribution >= 0.6 is 0 Å². The highest BCUT2D eigenvalue weighted by molar-refractivity contribution is 5.52. The highest BCUT2D eigenvalue weighted by atomic mass is 15.0. The van der Waals surface area contributed by atoms with Crippen LogP contribution in [0.1, 0.15) is 18.1 Å². The molecule has 2 N–H and O–H groups in total. The summed E-state index contributed by atoms with van der Waals surface area (Å²) in [5.41, 5.74) is 3.72. The van der Waals surface area contributed by atoms with Crippen molar-refractivity contribution < 1.29 is 0 Å². The lowest BCUT2D eigenvalue weighted by Gasteiger charge is -2.10. The van der Waals surface area contributed by atoms with Crippen molar-refractivity contribution in [1.82, 2.24) is 4.98 Å². The number of nitrogens with one attached hydrogen (secondary N) is 2. The summed E-state index contributed by atoms with van der Waals surface area (Å²) >= 11 is 0. The van der Waals surface area contributed by atoms with Crippen LogP contribution < -0.4 is 10.6 Å². The highest BCUT2D eigenvalue weighted by Crippen LogP contribution is 2.14. The zero-order chi connectivity index (χ0) is 12.8. The van der Waals surface area contributed by atoms with Gasteiger partial charge in [-0.15, -0.1) is 0 Å². The second kappa shape index (κ2) is 6.05. The quantitative estimate of drug-likeness (QED) is 0.842. The third-order valence-electron chi connectivity index (χ3n) is 2.86. The Hall–Kier alpha value is -2.03. The van der Waals surface area contributed by atoms with Crippen LogP contribution in [-0.2, 0) is 6.54 Å². The minimum Gasteiger partial charge on any atom is -0.381 e. The maximum absolute atomic E-state index is 4.25. The first kappa shape index (κ1) is 12.4. The van der Waals surface area contributed by atoms with Crippen molar-refractivity contribution in [1.29, 1.82) is 0 Å². The Bertz CT molecular complexity index is 509. The third kappa shape index (κ3) is 3.23. The van der Waals surface area contributed by atoms with E-state index in [2.05, 4.69) is 53.7 Å². The first-order chi connectivity index (χ1) is 8.79. The highest BCUT2D eigenvalue weighted by Gasteiger charge is 1.98. The van der Waals surface area contributed by atoms with E-state index in [1.54, 1.807) is 0 Å². The molecule has 94 valence electrons. The molecular formula is C15H19N3. The number of hydrogen-bond donors (Lipinski definition) is 2. The van der Waals surface area contributed by atoms with Gasteiger partial charge in [-0.2, -0.15) is 0 Å². The molecule has 3 heteroatoms. The average Bonchev–Trinajstić information content (AvgIpc) is 2.39. The second-order valence-electron chi connectivity index (χ2n) is 4.24. The fraction of sp³-hybridized carbons (Fsp3) is 0.267. The smallest absolute Gasteiger partial charge is 0.127 e. The molecular weight excluding hydrogens is 222 g/mol. The van der Waals surface area contributed by atoms with E-state index in [4.69, 9.17) is 0 Å². The molecule has 0 saturated carbocycles. The van der Waals surface area contributed by atoms with E-state index >= 15 is 0 Å². The van der Waals surface area contributed by atoms with Gasteiger partial charge < -0.3 is 10.6 Å². The lowest BCUT2D eigenvalue weighted by molar-refractivity contribution is 1.11. The number of hydrogen-bond acceptors (Lipinski definition) is 3. The van der Waals surface area contributed by atoms with Gasteiger partial charge in [0.25, 0.3) is 0 Å². The van der Waals surface area contributed by atoms with Gasteiger partial charge in [-0.3, -0.25) is 0 Å². The van der Waals surface area contributed by atoms with Gasteiger partial charge in [-0.1, -0.05) is 24.3 Å². The Kier molecular flexibility index (Phi) is 4.18. The number of rotatable bonds is 5. The number of aryl methyl sites for hydroxylation is 1. The topological polar surface area (TPSA) is 37.0 Å². The first-order valence-electron chi connectivity index (χ1n) is 6.28. The number of benzene rings is 1. The Balaban J connectivity index is 2.02. The van der Waals surface area contributed by atoms with Crippen molar-refractivity contribution in [2.45, 2.75) is 20.4 Å². The van der Waals surface area contributed by atoms with Gasteiger partial charge in [0, 0.05) is 31.0 Å². The molecule has 0 radical (unpaired) electrons. The molecule has 3 nitrogen and oxygen atoms in total. The molecule has 0 unspecified atom stereocenters. The molecule has 0 bridgehead atoms. The molecule has 0 fully saturated rings. The molecule has 1 aromatic carbocycles. The van der Waals surface area contributed by atoms with E-state index in [-0.39, 0.29) is 0 Å². The predicted octanol–water partition coefficient (Wildman–Crippen LogP) is 3.43. The third-order valence-corrected chi connectivity index (χ3v) is 2.86. The van der Waals surface area contributed by atoms with Crippen LogP contribution in [0.2, 0.25) is 0 Å². The molecule has 18 heavy (non-hydrogen) atoms. The molecule has 2 aromatic rings. The molecule has 0 aliphatic heterocycles. The summed E-state index contributed by atoms with van der Waals surface area (Å²) in [5.74, 6) is 0.910. The summed E-state index contributed by atoms with van der Waals surface area (Å²) in [7, 11) is 0. The summed E-state index contributed by atoms with van der Waals surface area (Å²) in [6.45, 7) is 5.92. The lowest BCUT2D eigenvalue weighted by atomic mass is 10.1. The normalized spacial score (nSPS) is 10.1. The summed E-state index contributed by atoms with van der Waals surface area (Å²) in [6.07, 6.45) is 1.82. The molecule has 0 saturated heterocycles. The Morgan fingerprint density at radius 1 is 1.11 bits per heavy atom. The van der Waals surface area contributed by atoms with E-state index in [9.17, 15) is 0 Å². The van der Waals surface area contributed by atoms with Crippen LogP contribution in [0.4, 0.5) is 11.5 Å². The van der Waals surface area contributed by atoms with E-state index in [0.717, 1.165) is 24.6 Å². The summed E-state index contributed by atoms with van der Waals surface area (Å²) in [5, 5.41) is 6.63. The predicted molar refractivity (Wildman–Crippen MR) is 76.9 cm³/mol. The van der Waals surface area contributed by atoms with Crippen molar-refractivity contribution in [3.63, 3.8) is 0 Å². The minimum atomic E-state index is 0.836. The van der Waals surface area contributed by atoms with Crippen molar-refractivity contribution in [3.8, 4) is 0 Å². The van der Waals surface area contributed by atoms with Gasteiger partial charge in [0.2, 0.25) is 0 Å². The maximum Gasteiger partial charge on any atom is 0.127 e. The van der Waals surface area contributed by atoms with E-state index in [1.165, 1.54) is 11.1 Å². The molecule has 0 spiro atoms. The molecule has 0 aliphatic rings. The van der Waals surface area contributed by atoms with Crippen LogP contribution in [0.15, 0.2) is 42.6 Å². The Morgan fingerprint density at radius 2 is 1.94 bits per heavy atom. The summed E-state index contributed by atoms with van der Waals surface area (Å²) < 4.78 is 0. The molecule has 1 aromatic heterocycles. The van der Waals surface area contributed by atoms with Crippen LogP contribution in [0.25, 0.3) is 0 Å². The van der Waals surface area contributed by atoms with E-state index in [0.29, 0.717) is 0 Å². The monoisotopic (exact) mass is 241 g/mol. The SMILES string of the molecule is CCNc1cc(NCc2ccccc2C)ccn1. The number of aromatic nitrogens is 1. The van der Waals surface area contributed by atoms with Crippen LogP contribution in [-0.4, -0.2) is 11.5 Å². The molecule has 0 amide bonds. The fourth-order valence-electron chi connectivity index (χ4n) is 1.82. The van der Waals surface area contributed by atoms with Gasteiger partial charge in [-0.05, 0) is 31.0 Å². The summed E-state index contributed by atoms with van der Waals surface area (Å²) in [6, 6.07) is 12.4. The standard InChI is InChI=1S/C15H19N3/c1-3-16-15-10-14(8-9-17-15)18-11-13-7-5-4-6-12(13)2/h4-10H,3,11H2,1-2H3,(H2,16,17,18). The number of pyridine rings is 1. The maximum atomic E-state index is 4.25. The largest absolute Gasteiger partial charge is 0.381 e. The fourth-order valence-corrected chi connectivity index (χ4v) is 1.82. The lowest BCUT2D eigenvalue weighted by Crippen LogP contribution is -2.03. The van der Waals surface area contributed by atoms with Gasteiger partial charge >= 0.3 is 0 Å². The molecule has 1 heterocycles. The molecule has 2 rings (SSSR count). The van der Waals surface area contributed by atoms with Gasteiger partial charge in [0.05, 0.1) is 0 Å². The van der Waals surface area contributed by atoms with E-state index in [1.807, 2.05) is 18.3 Å². The van der Waals surface area contributed by atoms with Crippen molar-refractivity contribution in [3.05, 3.63) is 53.7 Å². The Labute approximate surface area is 108 Å². The van der Waals surface area contributed by atoms with Gasteiger partial charge in [0.1, 0.15) is 5.82 Å². The number of nitrogens with zero attached hydrogens (tertiary/aromatic N) is 1. The van der Waals surface area contributed by atoms with Crippen LogP contribution in [0, 0.1) is 6.92 Å². The zero-order valence-corrected chi connectivity index (χ0v) is 10.9. The first-order valence-corrected chi connectivity index (χ1v) is 6.28. The minimum absolute atomic E-state index is 0.836. The molecule has 0 atom stereocenters.